The van der Waals surface area contributed by atoms with Gasteiger partial charge in [-0.15, -0.1) is 0 Å². The van der Waals surface area contributed by atoms with Crippen LogP contribution in [-0.2, 0) is 11.3 Å². The van der Waals surface area contributed by atoms with Gasteiger partial charge < -0.3 is 19.4 Å². The van der Waals surface area contributed by atoms with Crippen LogP contribution in [0.5, 0.6) is 11.5 Å². The van der Waals surface area contributed by atoms with Crippen LogP contribution in [0.2, 0.25) is 5.02 Å². The predicted octanol–water partition coefficient (Wildman–Crippen LogP) is 3.20. The molecular formula is C16H20ClN3O3. The van der Waals surface area contributed by atoms with E-state index in [2.05, 4.69) is 10.3 Å². The number of amides is 1. The molecule has 0 aliphatic heterocycles. The number of nitrogens with one attached hydrogen (secondary N) is 1. The summed E-state index contributed by atoms with van der Waals surface area (Å²) in [7, 11) is 3.04. The highest BCUT2D eigenvalue weighted by Crippen LogP contribution is 2.35. The lowest BCUT2D eigenvalue weighted by atomic mass is 10.2. The minimum atomic E-state index is -0.126. The third kappa shape index (κ3) is 3.96. The average molecular weight is 338 g/mol. The van der Waals surface area contributed by atoms with Gasteiger partial charge in [0.2, 0.25) is 5.91 Å². The number of carbonyl (C=O) groups is 1. The molecule has 1 heterocycles. The number of benzene rings is 1. The summed E-state index contributed by atoms with van der Waals surface area (Å²) >= 11 is 6.05. The minimum Gasteiger partial charge on any atom is -0.495 e. The third-order valence-corrected chi connectivity index (χ3v) is 3.97. The maximum absolute atomic E-state index is 12.2. The van der Waals surface area contributed by atoms with Gasteiger partial charge in [0.1, 0.15) is 11.5 Å². The maximum atomic E-state index is 12.2. The molecule has 0 fully saturated rings. The van der Waals surface area contributed by atoms with E-state index in [1.807, 2.05) is 18.4 Å². The molecule has 23 heavy (non-hydrogen) atoms. The second-order valence-electron chi connectivity index (χ2n) is 5.09. The Hall–Kier alpha value is -2.21. The van der Waals surface area contributed by atoms with Gasteiger partial charge in [0.15, 0.2) is 0 Å². The molecular weight excluding hydrogens is 318 g/mol. The topological polar surface area (TPSA) is 65.4 Å². The van der Waals surface area contributed by atoms with Crippen LogP contribution in [0.1, 0.15) is 17.8 Å². The minimum absolute atomic E-state index is 0.126. The van der Waals surface area contributed by atoms with Crippen molar-refractivity contribution in [2.45, 2.75) is 26.8 Å². The number of methoxy groups -OCH3 is 2. The van der Waals surface area contributed by atoms with Crippen LogP contribution in [0.15, 0.2) is 18.5 Å². The molecule has 0 saturated heterocycles. The van der Waals surface area contributed by atoms with Crippen LogP contribution in [0.3, 0.4) is 0 Å². The Morgan fingerprint density at radius 2 is 1.96 bits per heavy atom. The van der Waals surface area contributed by atoms with Gasteiger partial charge in [0, 0.05) is 30.8 Å². The molecule has 1 N–H and O–H groups in total. The lowest BCUT2D eigenvalue weighted by Gasteiger charge is -2.13. The smallest absolute Gasteiger partial charge is 0.226 e. The van der Waals surface area contributed by atoms with Gasteiger partial charge in [-0.25, -0.2) is 4.98 Å². The Labute approximate surface area is 140 Å². The molecule has 0 aliphatic rings. The zero-order chi connectivity index (χ0) is 17.0. The molecule has 124 valence electrons. The van der Waals surface area contributed by atoms with Crippen LogP contribution < -0.4 is 14.8 Å². The van der Waals surface area contributed by atoms with Gasteiger partial charge in [0.25, 0.3) is 0 Å². The van der Waals surface area contributed by atoms with E-state index in [-0.39, 0.29) is 5.91 Å². The summed E-state index contributed by atoms with van der Waals surface area (Å²) in [5.74, 6) is 0.834. The highest BCUT2D eigenvalue weighted by molar-refractivity contribution is 6.32. The molecule has 0 spiro atoms. The van der Waals surface area contributed by atoms with Crippen molar-refractivity contribution in [1.29, 1.82) is 0 Å². The second-order valence-corrected chi connectivity index (χ2v) is 5.50. The molecule has 6 nitrogen and oxygen atoms in total. The monoisotopic (exact) mass is 337 g/mol. The number of rotatable bonds is 6. The standard InChI is InChI=1S/C16H20ClN3O3/c1-10-11(2)20(9-18-10)6-5-16(21)19-13-8-14(22-3)12(17)7-15(13)23-4/h7-9H,5-6H2,1-4H3,(H,19,21). The highest BCUT2D eigenvalue weighted by atomic mass is 35.5. The molecule has 0 aliphatic carbocycles. The molecule has 0 saturated carbocycles. The number of ether oxygens (including phenoxy) is 2. The van der Waals surface area contributed by atoms with E-state index >= 15 is 0 Å². The van der Waals surface area contributed by atoms with Gasteiger partial charge in [-0.1, -0.05) is 11.6 Å². The molecule has 2 rings (SSSR count). The lowest BCUT2D eigenvalue weighted by molar-refractivity contribution is -0.116. The van der Waals surface area contributed by atoms with Crippen molar-refractivity contribution in [3.63, 3.8) is 0 Å². The Balaban J connectivity index is 2.06. The van der Waals surface area contributed by atoms with Crippen molar-refractivity contribution >= 4 is 23.2 Å². The zero-order valence-corrected chi connectivity index (χ0v) is 14.4. The molecule has 1 amide bonds. The Morgan fingerprint density at radius 1 is 1.26 bits per heavy atom. The molecule has 1 aromatic carbocycles. The number of imidazole rings is 1. The lowest BCUT2D eigenvalue weighted by Crippen LogP contribution is -2.15. The predicted molar refractivity (Wildman–Crippen MR) is 89.5 cm³/mol. The summed E-state index contributed by atoms with van der Waals surface area (Å²) in [5, 5.41) is 3.25. The summed E-state index contributed by atoms with van der Waals surface area (Å²) in [5.41, 5.74) is 2.55. The summed E-state index contributed by atoms with van der Waals surface area (Å²) < 4.78 is 12.4. The van der Waals surface area contributed by atoms with Crippen molar-refractivity contribution < 1.29 is 14.3 Å². The fraction of sp³-hybridized carbons (Fsp3) is 0.375. The van der Waals surface area contributed by atoms with Crippen molar-refractivity contribution in [2.75, 3.05) is 19.5 Å². The van der Waals surface area contributed by atoms with E-state index < -0.39 is 0 Å². The zero-order valence-electron chi connectivity index (χ0n) is 13.6. The van der Waals surface area contributed by atoms with E-state index in [0.29, 0.717) is 35.2 Å². The first-order valence-corrected chi connectivity index (χ1v) is 7.53. The summed E-state index contributed by atoms with van der Waals surface area (Å²) in [6, 6.07) is 3.26. The van der Waals surface area contributed by atoms with Gasteiger partial charge in [-0.3, -0.25) is 4.79 Å². The number of aryl methyl sites for hydroxylation is 2. The molecule has 2 aromatic rings. The molecule has 1 aromatic heterocycles. The number of hydrogen-bond donors (Lipinski definition) is 1. The molecule has 7 heteroatoms. The molecule has 0 bridgehead atoms. The summed E-state index contributed by atoms with van der Waals surface area (Å²) in [6.07, 6.45) is 2.06. The number of aromatic nitrogens is 2. The van der Waals surface area contributed by atoms with Gasteiger partial charge in [-0.05, 0) is 13.8 Å². The van der Waals surface area contributed by atoms with Gasteiger partial charge >= 0.3 is 0 Å². The Bertz CT molecular complexity index is 713. The van der Waals surface area contributed by atoms with Gasteiger partial charge in [-0.2, -0.15) is 0 Å². The first kappa shape index (κ1) is 17.1. The van der Waals surface area contributed by atoms with Crippen LogP contribution >= 0.6 is 11.6 Å². The van der Waals surface area contributed by atoms with Crippen molar-refractivity contribution in [2.24, 2.45) is 0 Å². The largest absolute Gasteiger partial charge is 0.495 e. The molecule has 0 atom stereocenters. The number of carbonyl (C=O) groups excluding carboxylic acids is 1. The fourth-order valence-corrected chi connectivity index (χ4v) is 2.39. The van der Waals surface area contributed by atoms with Gasteiger partial charge in [0.05, 0.1) is 37.0 Å². The fourth-order valence-electron chi connectivity index (χ4n) is 2.16. The second kappa shape index (κ2) is 7.37. The summed E-state index contributed by atoms with van der Waals surface area (Å²) in [6.45, 7) is 4.48. The van der Waals surface area contributed by atoms with Crippen LogP contribution in [0, 0.1) is 13.8 Å². The van der Waals surface area contributed by atoms with Crippen molar-refractivity contribution in [3.8, 4) is 11.5 Å². The van der Waals surface area contributed by atoms with E-state index in [1.165, 1.54) is 14.2 Å². The number of hydrogen-bond acceptors (Lipinski definition) is 4. The molecule has 0 radical (unpaired) electrons. The van der Waals surface area contributed by atoms with E-state index in [1.54, 1.807) is 18.5 Å². The van der Waals surface area contributed by atoms with Crippen molar-refractivity contribution in [1.82, 2.24) is 9.55 Å². The number of anilines is 1. The van der Waals surface area contributed by atoms with Crippen LogP contribution in [-0.4, -0.2) is 29.7 Å². The van der Waals surface area contributed by atoms with E-state index in [9.17, 15) is 4.79 Å². The average Bonchev–Trinajstić information content (AvgIpc) is 2.85. The number of nitrogens with zero attached hydrogens (tertiary/aromatic N) is 2. The first-order chi connectivity index (χ1) is 11.0. The summed E-state index contributed by atoms with van der Waals surface area (Å²) in [4.78, 5) is 16.4. The number of halogens is 1. The van der Waals surface area contributed by atoms with Crippen LogP contribution in [0.4, 0.5) is 5.69 Å². The van der Waals surface area contributed by atoms with Crippen LogP contribution in [0.25, 0.3) is 0 Å². The SMILES string of the molecule is COc1cc(NC(=O)CCn2cnc(C)c2C)c(OC)cc1Cl. The van der Waals surface area contributed by atoms with Crippen molar-refractivity contribution in [3.05, 3.63) is 34.9 Å². The Kier molecular flexibility index (Phi) is 5.50. The van der Waals surface area contributed by atoms with E-state index in [0.717, 1.165) is 11.4 Å². The normalized spacial score (nSPS) is 10.5. The Morgan fingerprint density at radius 3 is 2.52 bits per heavy atom. The third-order valence-electron chi connectivity index (χ3n) is 3.67. The molecule has 0 unspecified atom stereocenters. The maximum Gasteiger partial charge on any atom is 0.226 e. The van der Waals surface area contributed by atoms with E-state index in [4.69, 9.17) is 21.1 Å². The highest BCUT2D eigenvalue weighted by Gasteiger charge is 2.13. The quantitative estimate of drug-likeness (QED) is 0.879. The first-order valence-electron chi connectivity index (χ1n) is 7.16.